The van der Waals surface area contributed by atoms with Gasteiger partial charge in [0.1, 0.15) is 5.82 Å². The molecule has 0 spiro atoms. The molecule has 0 radical (unpaired) electrons. The molecule has 0 saturated heterocycles. The quantitative estimate of drug-likeness (QED) is 0.433. The summed E-state index contributed by atoms with van der Waals surface area (Å²) in [7, 11) is 0. The van der Waals surface area contributed by atoms with E-state index in [1.165, 1.54) is 23.9 Å². The number of H-pyrrole nitrogens is 1. The Hall–Kier alpha value is -3.46. The maximum Gasteiger partial charge on any atom is 0.277 e. The molecule has 2 aromatic carbocycles. The van der Waals surface area contributed by atoms with Crippen molar-refractivity contribution >= 4 is 22.7 Å². The normalized spacial score (nSPS) is 11.3. The number of hydrogen-bond acceptors (Lipinski definition) is 7. The van der Waals surface area contributed by atoms with Gasteiger partial charge in [-0.15, -0.1) is 10.2 Å². The van der Waals surface area contributed by atoms with E-state index in [0.717, 1.165) is 16.5 Å². The number of benzene rings is 2. The van der Waals surface area contributed by atoms with Gasteiger partial charge in [-0.05, 0) is 30.3 Å². The summed E-state index contributed by atoms with van der Waals surface area (Å²) < 4.78 is 24.0. The topological polar surface area (TPSA) is 93.6 Å². The zero-order valence-corrected chi connectivity index (χ0v) is 15.1. The summed E-state index contributed by atoms with van der Waals surface area (Å²) in [5.41, 5.74) is 2.54. The van der Waals surface area contributed by atoms with Crippen molar-refractivity contribution < 1.29 is 13.3 Å². The molecule has 0 unspecified atom stereocenters. The third-order valence-corrected chi connectivity index (χ3v) is 4.92. The molecule has 28 heavy (non-hydrogen) atoms. The molecular weight excluding hydrogens is 381 g/mol. The van der Waals surface area contributed by atoms with Gasteiger partial charge in [-0.25, -0.2) is 4.39 Å². The first-order valence-electron chi connectivity index (χ1n) is 8.37. The van der Waals surface area contributed by atoms with Gasteiger partial charge in [0.15, 0.2) is 0 Å². The largest absolute Gasteiger partial charge is 0.411 e. The molecule has 5 aromatic rings. The van der Waals surface area contributed by atoms with Crippen molar-refractivity contribution in [3.05, 3.63) is 66.4 Å². The van der Waals surface area contributed by atoms with Crippen LogP contribution in [0.25, 0.3) is 33.7 Å². The molecule has 0 aliphatic carbocycles. The zero-order chi connectivity index (χ0) is 18.9. The predicted octanol–water partition coefficient (Wildman–Crippen LogP) is 4.70. The molecule has 3 aromatic heterocycles. The van der Waals surface area contributed by atoms with Crippen LogP contribution in [0.2, 0.25) is 0 Å². The second-order valence-corrected chi connectivity index (χ2v) is 6.85. The number of aromatic nitrogens is 5. The Labute approximate surface area is 162 Å². The van der Waals surface area contributed by atoms with E-state index in [-0.39, 0.29) is 5.82 Å². The molecular formula is C19H12FN5O2S. The van der Waals surface area contributed by atoms with Crippen molar-refractivity contribution in [3.63, 3.8) is 0 Å². The van der Waals surface area contributed by atoms with Gasteiger partial charge in [0.2, 0.25) is 11.7 Å². The summed E-state index contributed by atoms with van der Waals surface area (Å²) in [4.78, 5) is 7.49. The van der Waals surface area contributed by atoms with Crippen molar-refractivity contribution in [1.29, 1.82) is 0 Å². The fraction of sp³-hybridized carbons (Fsp3) is 0.0526. The Morgan fingerprint density at radius 2 is 1.89 bits per heavy atom. The Bertz CT molecular complexity index is 1240. The van der Waals surface area contributed by atoms with Crippen molar-refractivity contribution in [3.8, 4) is 22.8 Å². The maximum atomic E-state index is 13.0. The van der Waals surface area contributed by atoms with E-state index in [4.69, 9.17) is 8.94 Å². The van der Waals surface area contributed by atoms with E-state index in [2.05, 4.69) is 25.3 Å². The Morgan fingerprint density at radius 1 is 1.04 bits per heavy atom. The molecule has 3 heterocycles. The van der Waals surface area contributed by atoms with Crippen LogP contribution in [0.4, 0.5) is 4.39 Å². The van der Waals surface area contributed by atoms with Crippen LogP contribution in [0.5, 0.6) is 0 Å². The minimum atomic E-state index is -0.314. The summed E-state index contributed by atoms with van der Waals surface area (Å²) in [5.74, 6) is 1.32. The monoisotopic (exact) mass is 393 g/mol. The number of nitrogens with zero attached hydrogens (tertiary/aromatic N) is 4. The van der Waals surface area contributed by atoms with E-state index in [1.807, 2.05) is 30.5 Å². The zero-order valence-electron chi connectivity index (χ0n) is 14.3. The molecule has 0 fully saturated rings. The smallest absolute Gasteiger partial charge is 0.277 e. The molecule has 7 nitrogen and oxygen atoms in total. The van der Waals surface area contributed by atoms with Crippen LogP contribution in [-0.4, -0.2) is 25.3 Å². The molecule has 5 rings (SSSR count). The number of halogens is 1. The lowest BCUT2D eigenvalue weighted by Crippen LogP contribution is -1.83. The molecule has 0 atom stereocenters. The summed E-state index contributed by atoms with van der Waals surface area (Å²) in [6.45, 7) is 0. The second-order valence-electron chi connectivity index (χ2n) is 5.93. The van der Waals surface area contributed by atoms with Crippen molar-refractivity contribution in [2.75, 3.05) is 0 Å². The number of thioether (sulfide) groups is 1. The average Bonchev–Trinajstić information content (AvgIpc) is 3.46. The highest BCUT2D eigenvalue weighted by Gasteiger charge is 2.15. The summed E-state index contributed by atoms with van der Waals surface area (Å²) in [6.07, 6.45) is 1.85. The molecule has 9 heteroatoms. The van der Waals surface area contributed by atoms with Gasteiger partial charge in [-0.1, -0.05) is 35.1 Å². The number of hydrogen-bond donors (Lipinski definition) is 1. The van der Waals surface area contributed by atoms with E-state index in [9.17, 15) is 4.39 Å². The minimum Gasteiger partial charge on any atom is -0.411 e. The van der Waals surface area contributed by atoms with Gasteiger partial charge < -0.3 is 13.9 Å². The number of nitrogens with one attached hydrogen (secondary N) is 1. The first-order valence-corrected chi connectivity index (χ1v) is 9.36. The molecule has 0 aliphatic heterocycles. The molecule has 0 saturated carbocycles. The van der Waals surface area contributed by atoms with Gasteiger partial charge in [-0.3, -0.25) is 0 Å². The van der Waals surface area contributed by atoms with Crippen LogP contribution in [-0.2, 0) is 5.75 Å². The van der Waals surface area contributed by atoms with E-state index in [1.54, 1.807) is 12.1 Å². The molecule has 138 valence electrons. The predicted molar refractivity (Wildman–Crippen MR) is 101 cm³/mol. The van der Waals surface area contributed by atoms with Crippen molar-refractivity contribution in [2.45, 2.75) is 11.0 Å². The lowest BCUT2D eigenvalue weighted by molar-refractivity contribution is 0.391. The Morgan fingerprint density at radius 3 is 2.79 bits per heavy atom. The highest BCUT2D eigenvalue weighted by atomic mass is 32.2. The van der Waals surface area contributed by atoms with Gasteiger partial charge in [0, 0.05) is 22.7 Å². The highest BCUT2D eigenvalue weighted by Crippen LogP contribution is 2.30. The SMILES string of the molecule is Fc1ccc(-c2noc(CSc3nnc(-c4c[nH]c5ccccc45)o3)n2)cc1. The summed E-state index contributed by atoms with van der Waals surface area (Å²) >= 11 is 1.30. The third kappa shape index (κ3) is 3.16. The third-order valence-electron chi connectivity index (χ3n) is 4.12. The first kappa shape index (κ1) is 16.7. The summed E-state index contributed by atoms with van der Waals surface area (Å²) in [6, 6.07) is 13.8. The maximum absolute atomic E-state index is 13.0. The molecule has 0 amide bonds. The van der Waals surface area contributed by atoms with Crippen molar-refractivity contribution in [1.82, 2.24) is 25.3 Å². The molecule has 0 bridgehead atoms. The standard InChI is InChI=1S/C19H12FN5O2S/c20-12-7-5-11(6-8-12)17-22-16(27-25-17)10-28-19-24-23-18(26-19)14-9-21-15-4-2-1-3-13(14)15/h1-9,21H,10H2. The fourth-order valence-corrected chi connectivity index (χ4v) is 3.38. The highest BCUT2D eigenvalue weighted by molar-refractivity contribution is 7.98. The summed E-state index contributed by atoms with van der Waals surface area (Å²) in [5, 5.41) is 13.5. The van der Waals surface area contributed by atoms with Crippen LogP contribution < -0.4 is 0 Å². The van der Waals surface area contributed by atoms with E-state index < -0.39 is 0 Å². The second kappa shape index (κ2) is 6.93. The van der Waals surface area contributed by atoms with Gasteiger partial charge >= 0.3 is 0 Å². The fourth-order valence-electron chi connectivity index (χ4n) is 2.78. The number of fused-ring (bicyclic) bond motifs is 1. The lowest BCUT2D eigenvalue weighted by Gasteiger charge is -1.93. The van der Waals surface area contributed by atoms with E-state index in [0.29, 0.717) is 34.1 Å². The average molecular weight is 393 g/mol. The Kier molecular flexibility index (Phi) is 4.13. The van der Waals surface area contributed by atoms with Crippen LogP contribution in [0.1, 0.15) is 5.89 Å². The van der Waals surface area contributed by atoms with Crippen LogP contribution in [0.15, 0.2) is 68.9 Å². The lowest BCUT2D eigenvalue weighted by atomic mass is 10.2. The van der Waals surface area contributed by atoms with Gasteiger partial charge in [-0.2, -0.15) is 4.98 Å². The van der Waals surface area contributed by atoms with Gasteiger partial charge in [0.25, 0.3) is 11.1 Å². The van der Waals surface area contributed by atoms with Gasteiger partial charge in [0.05, 0.1) is 11.3 Å². The minimum absolute atomic E-state index is 0.314. The molecule has 1 N–H and O–H groups in total. The first-order chi connectivity index (χ1) is 13.8. The Balaban J connectivity index is 1.30. The number of rotatable bonds is 5. The van der Waals surface area contributed by atoms with Crippen LogP contribution in [0.3, 0.4) is 0 Å². The van der Waals surface area contributed by atoms with E-state index >= 15 is 0 Å². The van der Waals surface area contributed by atoms with Crippen molar-refractivity contribution in [2.24, 2.45) is 0 Å². The number of para-hydroxylation sites is 1. The van der Waals surface area contributed by atoms with Crippen LogP contribution >= 0.6 is 11.8 Å². The number of aromatic amines is 1. The molecule has 0 aliphatic rings. The van der Waals surface area contributed by atoms with Crippen LogP contribution in [0, 0.1) is 5.82 Å².